The molecule has 0 aromatic rings. The fourth-order valence-electron chi connectivity index (χ4n) is 1.44. The predicted octanol–water partition coefficient (Wildman–Crippen LogP) is 0.945. The quantitative estimate of drug-likeness (QED) is 0.660. The predicted molar refractivity (Wildman–Crippen MR) is 42.5 cm³/mol. The van der Waals surface area contributed by atoms with Crippen LogP contribution in [0.1, 0.15) is 26.2 Å². The molecule has 0 aromatic heterocycles. The molecule has 1 unspecified atom stereocenters. The number of rotatable bonds is 4. The third-order valence-electron chi connectivity index (χ3n) is 2.29. The van der Waals surface area contributed by atoms with Crippen LogP contribution >= 0.6 is 0 Å². The van der Waals surface area contributed by atoms with Crippen LogP contribution < -0.4 is 0 Å². The van der Waals surface area contributed by atoms with E-state index in [2.05, 4.69) is 4.90 Å². The molecule has 1 N–H and O–H groups in total. The van der Waals surface area contributed by atoms with Gasteiger partial charge in [0.1, 0.15) is 0 Å². The van der Waals surface area contributed by atoms with Gasteiger partial charge in [-0.15, -0.1) is 0 Å². The van der Waals surface area contributed by atoms with E-state index in [1.54, 1.807) is 0 Å². The van der Waals surface area contributed by atoms with E-state index < -0.39 is 5.97 Å². The van der Waals surface area contributed by atoms with Crippen molar-refractivity contribution in [3.8, 4) is 0 Å². The van der Waals surface area contributed by atoms with Gasteiger partial charge in [-0.05, 0) is 25.9 Å². The fraction of sp³-hybridized carbons (Fsp3) is 0.875. The summed E-state index contributed by atoms with van der Waals surface area (Å²) in [6, 6.07) is 0.279. The lowest BCUT2D eigenvalue weighted by atomic mass is 10.1. The zero-order valence-corrected chi connectivity index (χ0v) is 6.92. The Morgan fingerprint density at radius 1 is 1.64 bits per heavy atom. The average molecular weight is 157 g/mol. The zero-order chi connectivity index (χ0) is 8.27. The van der Waals surface area contributed by atoms with E-state index >= 15 is 0 Å². The third kappa shape index (κ3) is 2.19. The molecule has 1 fully saturated rings. The molecule has 0 spiro atoms. The van der Waals surface area contributed by atoms with Crippen LogP contribution in [0.2, 0.25) is 0 Å². The Bertz CT molecular complexity index is 143. The Morgan fingerprint density at radius 2 is 2.27 bits per heavy atom. The lowest BCUT2D eigenvalue weighted by molar-refractivity contribution is -0.138. The molecular formula is C8H15NO2. The smallest absolute Gasteiger partial charge is 0.304 e. The molecule has 0 aliphatic carbocycles. The van der Waals surface area contributed by atoms with Crippen molar-refractivity contribution in [1.82, 2.24) is 4.90 Å². The highest BCUT2D eigenvalue weighted by molar-refractivity contribution is 5.67. The topological polar surface area (TPSA) is 40.5 Å². The highest BCUT2D eigenvalue weighted by Gasteiger charge is 2.23. The Labute approximate surface area is 67.0 Å². The first-order chi connectivity index (χ1) is 5.24. The highest BCUT2D eigenvalue weighted by Crippen LogP contribution is 2.16. The van der Waals surface area contributed by atoms with E-state index in [1.807, 2.05) is 6.92 Å². The number of carboxylic acid groups (broad SMARTS) is 1. The molecule has 0 bridgehead atoms. The molecule has 1 saturated heterocycles. The van der Waals surface area contributed by atoms with Gasteiger partial charge in [0, 0.05) is 6.04 Å². The first-order valence-electron chi connectivity index (χ1n) is 4.20. The van der Waals surface area contributed by atoms with Gasteiger partial charge in [0.25, 0.3) is 0 Å². The normalized spacial score (nSPS) is 20.8. The second-order valence-corrected chi connectivity index (χ2v) is 3.05. The summed E-state index contributed by atoms with van der Waals surface area (Å²) in [5.74, 6) is -0.677. The lowest BCUT2D eigenvalue weighted by Gasteiger charge is -2.37. The molecule has 0 saturated carbocycles. The van der Waals surface area contributed by atoms with Gasteiger partial charge < -0.3 is 5.11 Å². The van der Waals surface area contributed by atoms with Gasteiger partial charge >= 0.3 is 5.97 Å². The summed E-state index contributed by atoms with van der Waals surface area (Å²) >= 11 is 0. The standard InChI is InChI=1S/C8H15NO2/c1-2-7(6-8(10)11)9-4-3-5-9/h7H,2-6H2,1H3,(H,10,11). The molecule has 11 heavy (non-hydrogen) atoms. The Hall–Kier alpha value is -0.570. The van der Waals surface area contributed by atoms with E-state index in [0.717, 1.165) is 19.5 Å². The summed E-state index contributed by atoms with van der Waals surface area (Å²) in [5, 5.41) is 8.56. The van der Waals surface area contributed by atoms with Crippen molar-refractivity contribution in [1.29, 1.82) is 0 Å². The van der Waals surface area contributed by atoms with Gasteiger partial charge in [-0.1, -0.05) is 6.92 Å². The first-order valence-corrected chi connectivity index (χ1v) is 4.20. The molecule has 1 heterocycles. The van der Waals surface area contributed by atoms with Crippen molar-refractivity contribution in [3.05, 3.63) is 0 Å². The zero-order valence-electron chi connectivity index (χ0n) is 6.92. The minimum atomic E-state index is -0.677. The minimum Gasteiger partial charge on any atom is -0.481 e. The van der Waals surface area contributed by atoms with Gasteiger partial charge in [0.2, 0.25) is 0 Å². The van der Waals surface area contributed by atoms with Crippen LogP contribution in [0.15, 0.2) is 0 Å². The molecule has 3 nitrogen and oxygen atoms in total. The minimum absolute atomic E-state index is 0.279. The number of carboxylic acids is 1. The molecule has 1 aliphatic rings. The summed E-state index contributed by atoms with van der Waals surface area (Å²) in [7, 11) is 0. The number of carbonyl (C=O) groups is 1. The lowest BCUT2D eigenvalue weighted by Crippen LogP contribution is -2.45. The number of aliphatic carboxylic acids is 1. The Kier molecular flexibility index (Phi) is 2.88. The summed E-state index contributed by atoms with van der Waals surface area (Å²) in [6.45, 7) is 4.23. The second kappa shape index (κ2) is 3.72. The van der Waals surface area contributed by atoms with Crippen molar-refractivity contribution in [2.45, 2.75) is 32.2 Å². The second-order valence-electron chi connectivity index (χ2n) is 3.05. The molecule has 3 heteroatoms. The van der Waals surface area contributed by atoms with Gasteiger partial charge in [-0.2, -0.15) is 0 Å². The van der Waals surface area contributed by atoms with Crippen molar-refractivity contribution < 1.29 is 9.90 Å². The van der Waals surface area contributed by atoms with Crippen LogP contribution in [0.4, 0.5) is 0 Å². The molecule has 0 amide bonds. The van der Waals surface area contributed by atoms with Crippen molar-refractivity contribution in [3.63, 3.8) is 0 Å². The molecule has 64 valence electrons. The monoisotopic (exact) mass is 157 g/mol. The number of hydrogen-bond acceptors (Lipinski definition) is 2. The van der Waals surface area contributed by atoms with Crippen LogP contribution in [-0.4, -0.2) is 35.1 Å². The fourth-order valence-corrected chi connectivity index (χ4v) is 1.44. The third-order valence-corrected chi connectivity index (χ3v) is 2.29. The summed E-state index contributed by atoms with van der Waals surface area (Å²) in [5.41, 5.74) is 0. The summed E-state index contributed by atoms with van der Waals surface area (Å²) in [4.78, 5) is 12.6. The van der Waals surface area contributed by atoms with E-state index in [1.165, 1.54) is 6.42 Å². The van der Waals surface area contributed by atoms with Crippen LogP contribution in [0, 0.1) is 0 Å². The highest BCUT2D eigenvalue weighted by atomic mass is 16.4. The van der Waals surface area contributed by atoms with Gasteiger partial charge in [0.15, 0.2) is 0 Å². The Balaban J connectivity index is 2.29. The first kappa shape index (κ1) is 8.53. The van der Waals surface area contributed by atoms with E-state index in [-0.39, 0.29) is 6.04 Å². The van der Waals surface area contributed by atoms with Crippen LogP contribution in [0.5, 0.6) is 0 Å². The van der Waals surface area contributed by atoms with Crippen molar-refractivity contribution in [2.24, 2.45) is 0 Å². The molecule has 1 aliphatic heterocycles. The van der Waals surface area contributed by atoms with Crippen LogP contribution in [0.3, 0.4) is 0 Å². The van der Waals surface area contributed by atoms with E-state index in [0.29, 0.717) is 6.42 Å². The SMILES string of the molecule is CCC(CC(=O)O)N1CCC1. The number of likely N-dealkylation sites (tertiary alicyclic amines) is 1. The number of nitrogens with zero attached hydrogens (tertiary/aromatic N) is 1. The van der Waals surface area contributed by atoms with Gasteiger partial charge in [-0.3, -0.25) is 9.69 Å². The Morgan fingerprint density at radius 3 is 2.55 bits per heavy atom. The molecular weight excluding hydrogens is 142 g/mol. The van der Waals surface area contributed by atoms with Crippen molar-refractivity contribution >= 4 is 5.97 Å². The molecule has 1 rings (SSSR count). The van der Waals surface area contributed by atoms with Crippen LogP contribution in [0.25, 0.3) is 0 Å². The molecule has 1 atom stereocenters. The van der Waals surface area contributed by atoms with E-state index in [4.69, 9.17) is 5.11 Å². The van der Waals surface area contributed by atoms with Gasteiger partial charge in [-0.25, -0.2) is 0 Å². The summed E-state index contributed by atoms with van der Waals surface area (Å²) < 4.78 is 0. The van der Waals surface area contributed by atoms with E-state index in [9.17, 15) is 4.79 Å². The maximum Gasteiger partial charge on any atom is 0.304 e. The maximum absolute atomic E-state index is 10.4. The molecule has 0 aromatic carbocycles. The largest absolute Gasteiger partial charge is 0.481 e. The van der Waals surface area contributed by atoms with Crippen molar-refractivity contribution in [2.75, 3.05) is 13.1 Å². The maximum atomic E-state index is 10.4. The summed E-state index contributed by atoms with van der Waals surface area (Å²) in [6.07, 6.45) is 2.49. The van der Waals surface area contributed by atoms with Crippen LogP contribution in [-0.2, 0) is 4.79 Å². The number of hydrogen-bond donors (Lipinski definition) is 1. The molecule has 0 radical (unpaired) electrons. The van der Waals surface area contributed by atoms with Gasteiger partial charge in [0.05, 0.1) is 6.42 Å². The average Bonchev–Trinajstić information content (AvgIpc) is 1.81.